The summed E-state index contributed by atoms with van der Waals surface area (Å²) in [6.45, 7) is 33.8. The van der Waals surface area contributed by atoms with Crippen molar-refractivity contribution in [1.29, 1.82) is 0 Å². The van der Waals surface area contributed by atoms with Crippen LogP contribution >= 0.6 is 0 Å². The lowest BCUT2D eigenvalue weighted by molar-refractivity contribution is 0.00695. The van der Waals surface area contributed by atoms with Crippen molar-refractivity contribution < 1.29 is 9.53 Å². The lowest BCUT2D eigenvalue weighted by atomic mass is 10.1. The van der Waals surface area contributed by atoms with Gasteiger partial charge in [-0.25, -0.2) is 4.79 Å². The molecule has 29 heavy (non-hydrogen) atoms. The molecule has 1 aromatic rings. The molecule has 0 aliphatic carbocycles. The van der Waals surface area contributed by atoms with Gasteiger partial charge in [0.05, 0.1) is 5.56 Å². The van der Waals surface area contributed by atoms with Crippen LogP contribution in [0.3, 0.4) is 0 Å². The Balaban J connectivity index is -0.0000000735. The highest BCUT2D eigenvalue weighted by molar-refractivity contribution is 5.90. The first kappa shape index (κ1) is 41.2. The molecule has 0 heterocycles. The van der Waals surface area contributed by atoms with Gasteiger partial charge in [0.15, 0.2) is 0 Å². The van der Waals surface area contributed by atoms with Crippen molar-refractivity contribution in [3.8, 4) is 0 Å². The zero-order valence-electron chi connectivity index (χ0n) is 21.4. The van der Waals surface area contributed by atoms with Crippen molar-refractivity contribution in [2.45, 2.75) is 88.2 Å². The van der Waals surface area contributed by atoms with E-state index >= 15 is 0 Å². The summed E-state index contributed by atoms with van der Waals surface area (Å²) in [5.41, 5.74) is 6.20. The molecule has 0 saturated carbocycles. The minimum atomic E-state index is -0.460. The number of rotatable bonds is 1. The molecule has 0 bridgehead atoms. The van der Waals surface area contributed by atoms with Gasteiger partial charge >= 0.3 is 5.97 Å². The van der Waals surface area contributed by atoms with Gasteiger partial charge in [-0.1, -0.05) is 60.1 Å². The molecule has 0 atom stereocenters. The van der Waals surface area contributed by atoms with E-state index in [4.69, 9.17) is 10.5 Å². The molecule has 172 valence electrons. The van der Waals surface area contributed by atoms with E-state index in [9.17, 15) is 4.79 Å². The van der Waals surface area contributed by atoms with Crippen molar-refractivity contribution in [3.63, 3.8) is 0 Å². The fourth-order valence-corrected chi connectivity index (χ4v) is 0.956. The fraction of sp³-hybridized carbons (Fsp3) is 0.500. The molecule has 0 unspecified atom stereocenters. The molecule has 0 aliphatic heterocycles. The smallest absolute Gasteiger partial charge is 0.338 e. The molecule has 0 saturated heterocycles. The number of ether oxygens (including phenoxy) is 1. The number of hydrogen-bond donors (Lipinski definition) is 1. The number of carbonyl (C=O) groups excluding carboxylic acids is 1. The lowest BCUT2D eigenvalue weighted by Gasteiger charge is -2.19. The van der Waals surface area contributed by atoms with Crippen molar-refractivity contribution in [2.75, 3.05) is 5.73 Å². The van der Waals surface area contributed by atoms with Crippen LogP contribution in [0.15, 0.2) is 62.7 Å². The van der Waals surface area contributed by atoms with E-state index in [1.165, 1.54) is 6.42 Å². The van der Waals surface area contributed by atoms with Crippen LogP contribution in [-0.2, 0) is 4.74 Å². The maximum Gasteiger partial charge on any atom is 0.338 e. The van der Waals surface area contributed by atoms with Crippen LogP contribution in [0, 0.1) is 0 Å². The highest BCUT2D eigenvalue weighted by Crippen LogP contribution is 2.13. The van der Waals surface area contributed by atoms with Gasteiger partial charge in [0.25, 0.3) is 0 Å². The van der Waals surface area contributed by atoms with E-state index in [0.29, 0.717) is 11.3 Å². The van der Waals surface area contributed by atoms with Gasteiger partial charge in [-0.3, -0.25) is 0 Å². The first-order valence-corrected chi connectivity index (χ1v) is 10.4. The minimum Gasteiger partial charge on any atom is -0.456 e. The number of anilines is 1. The zero-order chi connectivity index (χ0) is 24.9. The summed E-state index contributed by atoms with van der Waals surface area (Å²) >= 11 is 0. The van der Waals surface area contributed by atoms with Crippen LogP contribution < -0.4 is 5.73 Å². The van der Waals surface area contributed by atoms with Crippen molar-refractivity contribution in [3.05, 3.63) is 68.3 Å². The third-order valence-corrected chi connectivity index (χ3v) is 1.88. The minimum absolute atomic E-state index is 0.322. The summed E-state index contributed by atoms with van der Waals surface area (Å²) in [5, 5.41) is 0. The normalized spacial score (nSPS) is 7.97. The Morgan fingerprint density at radius 2 is 1.17 bits per heavy atom. The highest BCUT2D eigenvalue weighted by atomic mass is 16.6. The Morgan fingerprint density at radius 3 is 1.38 bits per heavy atom. The Labute approximate surface area is 183 Å². The third kappa shape index (κ3) is 46.1. The van der Waals surface area contributed by atoms with Crippen LogP contribution in [0.2, 0.25) is 0 Å². The second-order valence-electron chi connectivity index (χ2n) is 5.50. The number of benzene rings is 1. The maximum atomic E-state index is 11.5. The number of carbonyl (C=O) groups is 1. The summed E-state index contributed by atoms with van der Waals surface area (Å²) < 4.78 is 5.18. The second kappa shape index (κ2) is 36.6. The molecule has 0 fully saturated rings. The molecule has 3 nitrogen and oxygen atoms in total. The van der Waals surface area contributed by atoms with E-state index in [2.05, 4.69) is 40.2 Å². The van der Waals surface area contributed by atoms with Gasteiger partial charge in [-0.05, 0) is 58.9 Å². The Morgan fingerprint density at radius 1 is 0.897 bits per heavy atom. The molecule has 0 radical (unpaired) electrons. The standard InChI is InChI=1S/C11H15NO2.C4H8.C3H8.2C2H6.2C2H4/c1-11(2,3)14-10(13)8-4-6-9(12)7-5-8;1-3-4-2;1-3-2;4*1-2/h4-7H,12H2,1-3H3;3-4H,1-2H3;3H2,1-2H3;2*1-2H3;2*1-2H2. The van der Waals surface area contributed by atoms with Crippen molar-refractivity contribution in [2.24, 2.45) is 0 Å². The average Bonchev–Trinajstić information content (AvgIpc) is 2.74. The number of nitrogens with two attached hydrogens (primary N) is 1. The Hall–Kier alpha value is -2.29. The van der Waals surface area contributed by atoms with Gasteiger partial charge in [-0.15, -0.1) is 26.3 Å². The molecule has 3 heteroatoms. The largest absolute Gasteiger partial charge is 0.456 e. The summed E-state index contributed by atoms with van der Waals surface area (Å²) in [4.78, 5) is 11.5. The average molecular weight is 410 g/mol. The molecule has 0 aromatic heterocycles. The van der Waals surface area contributed by atoms with Crippen molar-refractivity contribution >= 4 is 11.7 Å². The van der Waals surface area contributed by atoms with Gasteiger partial charge in [0.1, 0.15) is 5.60 Å². The number of nitrogen functional groups attached to an aromatic ring is 1. The first-order chi connectivity index (χ1) is 13.7. The fourth-order valence-electron chi connectivity index (χ4n) is 0.956. The zero-order valence-corrected chi connectivity index (χ0v) is 21.4. The summed E-state index contributed by atoms with van der Waals surface area (Å²) in [5.74, 6) is -0.322. The maximum absolute atomic E-state index is 11.5. The SMILES string of the molecule is C=C.C=C.CC.CC.CC(C)(C)OC(=O)c1ccc(N)cc1.CC=CC.CCC. The van der Waals surface area contributed by atoms with Gasteiger partial charge in [0, 0.05) is 5.69 Å². The molecule has 1 rings (SSSR count). The molecule has 2 N–H and O–H groups in total. The first-order valence-electron chi connectivity index (χ1n) is 10.4. The predicted octanol–water partition coefficient (Wildman–Crippen LogP) is 8.88. The molecular formula is C26H51NO2. The Bertz CT molecular complexity index is 423. The van der Waals surface area contributed by atoms with Crippen molar-refractivity contribution in [1.82, 2.24) is 0 Å². The van der Waals surface area contributed by atoms with Crippen LogP contribution in [0.4, 0.5) is 5.69 Å². The monoisotopic (exact) mass is 409 g/mol. The van der Waals surface area contributed by atoms with Gasteiger partial charge < -0.3 is 10.5 Å². The third-order valence-electron chi connectivity index (χ3n) is 1.88. The van der Waals surface area contributed by atoms with Gasteiger partial charge in [-0.2, -0.15) is 0 Å². The molecule has 0 aliphatic rings. The Kier molecular flexibility index (Phi) is 52.0. The van der Waals surface area contributed by atoms with Crippen LogP contribution in [0.5, 0.6) is 0 Å². The topological polar surface area (TPSA) is 52.3 Å². The molecule has 0 amide bonds. The summed E-state index contributed by atoms with van der Waals surface area (Å²) in [6.07, 6.45) is 5.25. The number of hydrogen-bond acceptors (Lipinski definition) is 3. The molecular weight excluding hydrogens is 358 g/mol. The van der Waals surface area contributed by atoms with E-state index in [1.54, 1.807) is 24.3 Å². The lowest BCUT2D eigenvalue weighted by Crippen LogP contribution is -2.23. The van der Waals surface area contributed by atoms with E-state index in [-0.39, 0.29) is 5.97 Å². The quantitative estimate of drug-likeness (QED) is 0.286. The summed E-state index contributed by atoms with van der Waals surface area (Å²) in [6, 6.07) is 6.67. The number of esters is 1. The highest BCUT2D eigenvalue weighted by Gasteiger charge is 2.17. The van der Waals surface area contributed by atoms with E-state index in [0.717, 1.165) is 0 Å². The van der Waals surface area contributed by atoms with Crippen LogP contribution in [0.1, 0.15) is 92.9 Å². The second-order valence-corrected chi connectivity index (χ2v) is 5.50. The molecule has 0 spiro atoms. The van der Waals surface area contributed by atoms with Crippen LogP contribution in [-0.4, -0.2) is 11.6 Å². The summed E-state index contributed by atoms with van der Waals surface area (Å²) in [7, 11) is 0. The number of allylic oxidation sites excluding steroid dienone is 2. The van der Waals surface area contributed by atoms with E-state index < -0.39 is 5.60 Å². The van der Waals surface area contributed by atoms with E-state index in [1.807, 2.05) is 74.5 Å². The predicted molar refractivity (Wildman–Crippen MR) is 138 cm³/mol. The van der Waals surface area contributed by atoms with Gasteiger partial charge in [0.2, 0.25) is 0 Å². The van der Waals surface area contributed by atoms with Crippen LogP contribution in [0.25, 0.3) is 0 Å². The molecule has 1 aromatic carbocycles.